The molecule has 0 bridgehead atoms. The summed E-state index contributed by atoms with van der Waals surface area (Å²) in [5.41, 5.74) is -0.0590. The average molecular weight is 252 g/mol. The molecule has 0 aromatic carbocycles. The second kappa shape index (κ2) is 5.95. The fourth-order valence-corrected chi connectivity index (χ4v) is 1.35. The highest BCUT2D eigenvalue weighted by atomic mass is 16.4. The largest absolute Gasteiger partial charge is 0.477 e. The number of hydrogen-bond acceptors (Lipinski definition) is 5. The SMILES string of the molecule is CCN(C)C(=O)C(C)Nc1ncncc1C(=O)O. The van der Waals surface area contributed by atoms with Crippen LogP contribution in [0.4, 0.5) is 5.82 Å². The molecule has 1 aromatic rings. The van der Waals surface area contributed by atoms with Crippen LogP contribution in [0.1, 0.15) is 24.2 Å². The quantitative estimate of drug-likeness (QED) is 0.790. The summed E-state index contributed by atoms with van der Waals surface area (Å²) in [7, 11) is 1.68. The molecule has 98 valence electrons. The molecule has 1 heterocycles. The molecular weight excluding hydrogens is 236 g/mol. The maximum Gasteiger partial charge on any atom is 0.341 e. The molecule has 0 saturated carbocycles. The van der Waals surface area contributed by atoms with Gasteiger partial charge in [-0.1, -0.05) is 0 Å². The molecule has 1 rings (SSSR count). The third-order valence-electron chi connectivity index (χ3n) is 2.52. The Kier molecular flexibility index (Phi) is 4.59. The van der Waals surface area contributed by atoms with Crippen molar-refractivity contribution in [1.82, 2.24) is 14.9 Å². The van der Waals surface area contributed by atoms with E-state index in [-0.39, 0.29) is 17.3 Å². The van der Waals surface area contributed by atoms with Crippen LogP contribution in [0.3, 0.4) is 0 Å². The van der Waals surface area contributed by atoms with E-state index in [0.717, 1.165) is 0 Å². The summed E-state index contributed by atoms with van der Waals surface area (Å²) in [5, 5.41) is 11.7. The molecule has 2 N–H and O–H groups in total. The Morgan fingerprint density at radius 1 is 1.56 bits per heavy atom. The molecular formula is C11H16N4O3. The van der Waals surface area contributed by atoms with Gasteiger partial charge in [-0.3, -0.25) is 4.79 Å². The molecule has 0 spiro atoms. The predicted molar refractivity (Wildman–Crippen MR) is 65.4 cm³/mol. The van der Waals surface area contributed by atoms with Crippen LogP contribution in [0.5, 0.6) is 0 Å². The second-order valence-corrected chi connectivity index (χ2v) is 3.81. The van der Waals surface area contributed by atoms with Gasteiger partial charge in [0.25, 0.3) is 0 Å². The van der Waals surface area contributed by atoms with E-state index >= 15 is 0 Å². The molecule has 1 aromatic heterocycles. The van der Waals surface area contributed by atoms with E-state index in [9.17, 15) is 9.59 Å². The highest BCUT2D eigenvalue weighted by Crippen LogP contribution is 2.11. The van der Waals surface area contributed by atoms with E-state index in [1.165, 1.54) is 12.5 Å². The van der Waals surface area contributed by atoms with Crippen LogP contribution in [0.15, 0.2) is 12.5 Å². The predicted octanol–water partition coefficient (Wildman–Crippen LogP) is 0.453. The Bertz CT molecular complexity index is 450. The molecule has 0 aliphatic heterocycles. The lowest BCUT2D eigenvalue weighted by Crippen LogP contribution is -2.39. The van der Waals surface area contributed by atoms with E-state index in [1.807, 2.05) is 6.92 Å². The number of aromatic nitrogens is 2. The number of nitrogens with zero attached hydrogens (tertiary/aromatic N) is 3. The number of anilines is 1. The van der Waals surface area contributed by atoms with Crippen molar-refractivity contribution in [2.45, 2.75) is 19.9 Å². The first-order valence-electron chi connectivity index (χ1n) is 5.52. The zero-order valence-corrected chi connectivity index (χ0v) is 10.5. The maximum atomic E-state index is 11.8. The topological polar surface area (TPSA) is 95.4 Å². The highest BCUT2D eigenvalue weighted by Gasteiger charge is 2.19. The van der Waals surface area contributed by atoms with E-state index in [4.69, 9.17) is 5.11 Å². The van der Waals surface area contributed by atoms with Crippen molar-refractivity contribution in [3.8, 4) is 0 Å². The van der Waals surface area contributed by atoms with Gasteiger partial charge >= 0.3 is 5.97 Å². The van der Waals surface area contributed by atoms with Crippen molar-refractivity contribution in [2.24, 2.45) is 0 Å². The number of likely N-dealkylation sites (N-methyl/N-ethyl adjacent to an activating group) is 1. The molecule has 7 heteroatoms. The fraction of sp³-hybridized carbons (Fsp3) is 0.455. The third kappa shape index (κ3) is 3.16. The first kappa shape index (κ1) is 13.9. The molecule has 0 radical (unpaired) electrons. The van der Waals surface area contributed by atoms with Crippen molar-refractivity contribution in [2.75, 3.05) is 18.9 Å². The lowest BCUT2D eigenvalue weighted by molar-refractivity contribution is -0.130. The maximum absolute atomic E-state index is 11.8. The second-order valence-electron chi connectivity index (χ2n) is 3.81. The summed E-state index contributed by atoms with van der Waals surface area (Å²) >= 11 is 0. The lowest BCUT2D eigenvalue weighted by Gasteiger charge is -2.21. The van der Waals surface area contributed by atoms with Crippen LogP contribution < -0.4 is 5.32 Å². The lowest BCUT2D eigenvalue weighted by atomic mass is 10.2. The van der Waals surface area contributed by atoms with Crippen LogP contribution >= 0.6 is 0 Å². The minimum atomic E-state index is -1.14. The monoisotopic (exact) mass is 252 g/mol. The molecule has 0 aliphatic carbocycles. The van der Waals surface area contributed by atoms with Crippen molar-refractivity contribution in [1.29, 1.82) is 0 Å². The number of carbonyl (C=O) groups excluding carboxylic acids is 1. The number of hydrogen-bond donors (Lipinski definition) is 2. The van der Waals surface area contributed by atoms with E-state index in [2.05, 4.69) is 15.3 Å². The van der Waals surface area contributed by atoms with Crippen LogP contribution in [0.2, 0.25) is 0 Å². The molecule has 18 heavy (non-hydrogen) atoms. The van der Waals surface area contributed by atoms with E-state index < -0.39 is 12.0 Å². The van der Waals surface area contributed by atoms with Gasteiger partial charge in [-0.25, -0.2) is 14.8 Å². The number of carboxylic acid groups (broad SMARTS) is 1. The van der Waals surface area contributed by atoms with Gasteiger partial charge in [-0.2, -0.15) is 0 Å². The van der Waals surface area contributed by atoms with Gasteiger partial charge in [0.15, 0.2) is 0 Å². The summed E-state index contributed by atoms with van der Waals surface area (Å²) in [6.07, 6.45) is 2.42. The van der Waals surface area contributed by atoms with Gasteiger partial charge in [0.05, 0.1) is 0 Å². The van der Waals surface area contributed by atoms with Crippen molar-refractivity contribution >= 4 is 17.7 Å². The van der Waals surface area contributed by atoms with Crippen LogP contribution in [-0.2, 0) is 4.79 Å². The normalized spacial score (nSPS) is 11.7. The molecule has 1 amide bonds. The number of carboxylic acids is 1. The van der Waals surface area contributed by atoms with Crippen molar-refractivity contribution < 1.29 is 14.7 Å². The van der Waals surface area contributed by atoms with Gasteiger partial charge in [0.2, 0.25) is 5.91 Å². The van der Waals surface area contributed by atoms with Gasteiger partial charge in [0, 0.05) is 19.8 Å². The molecule has 7 nitrogen and oxygen atoms in total. The Hall–Kier alpha value is -2.18. The van der Waals surface area contributed by atoms with Crippen LogP contribution in [-0.4, -0.2) is 51.5 Å². The fourth-order valence-electron chi connectivity index (χ4n) is 1.35. The summed E-state index contributed by atoms with van der Waals surface area (Å²) in [5.74, 6) is -1.13. The average Bonchev–Trinajstić information content (AvgIpc) is 2.37. The standard InChI is InChI=1S/C11H16N4O3/c1-4-15(3)10(16)7(2)14-9-8(11(17)18)5-12-6-13-9/h5-7H,4H2,1-3H3,(H,17,18)(H,12,13,14). The van der Waals surface area contributed by atoms with Crippen molar-refractivity contribution in [3.05, 3.63) is 18.1 Å². The Balaban J connectivity index is 2.85. The summed E-state index contributed by atoms with van der Waals surface area (Å²) < 4.78 is 0. The van der Waals surface area contributed by atoms with Gasteiger partial charge in [0.1, 0.15) is 23.8 Å². The zero-order chi connectivity index (χ0) is 13.7. The van der Waals surface area contributed by atoms with Gasteiger partial charge < -0.3 is 15.3 Å². The van der Waals surface area contributed by atoms with E-state index in [0.29, 0.717) is 6.54 Å². The summed E-state index contributed by atoms with van der Waals surface area (Å²) in [6, 6.07) is -0.553. The number of rotatable bonds is 5. The van der Waals surface area contributed by atoms with E-state index in [1.54, 1.807) is 18.9 Å². The molecule has 0 aliphatic rings. The Morgan fingerprint density at radius 2 is 2.22 bits per heavy atom. The highest BCUT2D eigenvalue weighted by molar-refractivity contribution is 5.93. The first-order valence-corrected chi connectivity index (χ1v) is 5.52. The smallest absolute Gasteiger partial charge is 0.341 e. The third-order valence-corrected chi connectivity index (χ3v) is 2.52. The van der Waals surface area contributed by atoms with Crippen molar-refractivity contribution in [3.63, 3.8) is 0 Å². The summed E-state index contributed by atoms with van der Waals surface area (Å²) in [4.78, 5) is 31.8. The molecule has 1 unspecified atom stereocenters. The molecule has 0 saturated heterocycles. The summed E-state index contributed by atoms with van der Waals surface area (Å²) in [6.45, 7) is 4.10. The Morgan fingerprint density at radius 3 is 2.78 bits per heavy atom. The minimum absolute atomic E-state index is 0.0590. The first-order chi connectivity index (χ1) is 8.47. The number of carbonyl (C=O) groups is 2. The van der Waals surface area contributed by atoms with Crippen LogP contribution in [0, 0.1) is 0 Å². The Labute approximate surface area is 105 Å². The van der Waals surface area contributed by atoms with Crippen LogP contribution in [0.25, 0.3) is 0 Å². The number of aromatic carboxylic acids is 1. The number of amides is 1. The van der Waals surface area contributed by atoms with Gasteiger partial charge in [-0.15, -0.1) is 0 Å². The molecule has 1 atom stereocenters. The number of nitrogens with one attached hydrogen (secondary N) is 1. The van der Waals surface area contributed by atoms with Gasteiger partial charge in [-0.05, 0) is 13.8 Å². The minimum Gasteiger partial charge on any atom is -0.477 e. The zero-order valence-electron chi connectivity index (χ0n) is 10.5. The molecule has 0 fully saturated rings.